The Morgan fingerprint density at radius 2 is 1.40 bits per heavy atom. The molecule has 2 nitrogen and oxygen atoms in total. The quantitative estimate of drug-likeness (QED) is 0.446. The minimum Gasteiger partial charge on any atom is -0.355 e. The van der Waals surface area contributed by atoms with Gasteiger partial charge in [0.25, 0.3) is 0 Å². The number of nitrogens with one attached hydrogen (secondary N) is 1. The van der Waals surface area contributed by atoms with E-state index in [1.807, 2.05) is 15.7 Å². The van der Waals surface area contributed by atoms with Gasteiger partial charge in [-0.1, -0.05) is 27.4 Å². The lowest BCUT2D eigenvalue weighted by molar-refractivity contribution is 0.0965. The fourth-order valence-electron chi connectivity index (χ4n) is 1.97. The fraction of sp³-hybridized carbons (Fsp3) is 0.222. The minimum absolute atomic E-state index is 0.0104. The van der Waals surface area contributed by atoms with Crippen LogP contribution >= 0.6 is 0 Å². The van der Waals surface area contributed by atoms with Crippen molar-refractivity contribution < 1.29 is 4.79 Å². The molecule has 0 unspecified atom stereocenters. The summed E-state index contributed by atoms with van der Waals surface area (Å²) in [6, 6.07) is 0. The second-order valence-electron chi connectivity index (χ2n) is 4.08. The zero-order chi connectivity index (χ0) is 11.7. The molecule has 6 heteroatoms. The van der Waals surface area contributed by atoms with Gasteiger partial charge in [0.1, 0.15) is 31.4 Å². The van der Waals surface area contributed by atoms with Crippen LogP contribution in [0.15, 0.2) is 0 Å². The monoisotopic (exact) mass is 197 g/mol. The lowest BCUT2D eigenvalue weighted by Crippen LogP contribution is -2.49. The van der Waals surface area contributed by atoms with Gasteiger partial charge in [-0.3, -0.25) is 4.79 Å². The molecule has 74 valence electrons. The molecule has 0 atom stereocenters. The number of hydrogen-bond donors (Lipinski definition) is 1. The number of carbonyl (C=O) groups excluding carboxylic acids is 1. The second-order valence-corrected chi connectivity index (χ2v) is 4.08. The van der Waals surface area contributed by atoms with Crippen LogP contribution in [-0.4, -0.2) is 44.3 Å². The lowest BCUT2D eigenvalue weighted by Gasteiger charge is -2.18. The van der Waals surface area contributed by atoms with Crippen molar-refractivity contribution in [2.24, 2.45) is 0 Å². The van der Waals surface area contributed by atoms with E-state index in [0.29, 0.717) is 0 Å². The maximum absolute atomic E-state index is 11.8. The van der Waals surface area contributed by atoms with E-state index < -0.39 is 0 Å². The summed E-state index contributed by atoms with van der Waals surface area (Å²) in [6.45, 7) is 2.11. The van der Waals surface area contributed by atoms with Gasteiger partial charge < -0.3 is 5.32 Å². The number of amides is 1. The molecule has 0 fully saturated rings. The molecular formula is C9H15B4NO. The van der Waals surface area contributed by atoms with Crippen molar-refractivity contribution in [1.29, 1.82) is 0 Å². The van der Waals surface area contributed by atoms with Crippen molar-refractivity contribution in [2.45, 2.75) is 6.92 Å². The zero-order valence-electron chi connectivity index (χ0n) is 10.4. The van der Waals surface area contributed by atoms with Gasteiger partial charge in [-0.25, -0.2) is 0 Å². The van der Waals surface area contributed by atoms with Crippen LogP contribution in [0.4, 0.5) is 0 Å². The number of hydrogen-bond acceptors (Lipinski definition) is 1. The Kier molecular flexibility index (Phi) is 3.38. The van der Waals surface area contributed by atoms with Crippen molar-refractivity contribution in [3.63, 3.8) is 0 Å². The van der Waals surface area contributed by atoms with E-state index in [-0.39, 0.29) is 5.91 Å². The molecule has 1 N–H and O–H groups in total. The van der Waals surface area contributed by atoms with Crippen LogP contribution in [0.5, 0.6) is 0 Å². The Hall–Kier alpha value is -1.05. The van der Waals surface area contributed by atoms with Crippen LogP contribution in [0.25, 0.3) is 0 Å². The molecular weight excluding hydrogens is 181 g/mol. The molecule has 1 aromatic carbocycles. The van der Waals surface area contributed by atoms with Gasteiger partial charge in [0.2, 0.25) is 5.91 Å². The van der Waals surface area contributed by atoms with Crippen molar-refractivity contribution >= 4 is 59.1 Å². The Morgan fingerprint density at radius 3 is 1.73 bits per heavy atom. The van der Waals surface area contributed by atoms with Gasteiger partial charge in [-0.2, -0.15) is 0 Å². The average molecular weight is 196 g/mol. The molecule has 0 aliphatic carbocycles. The predicted octanol–water partition coefficient (Wildman–Crippen LogP) is -5.61. The molecule has 0 aliphatic rings. The molecule has 0 radical (unpaired) electrons. The summed E-state index contributed by atoms with van der Waals surface area (Å²) in [5, 5.41) is 2.70. The van der Waals surface area contributed by atoms with E-state index >= 15 is 0 Å². The van der Waals surface area contributed by atoms with Crippen LogP contribution in [0, 0.1) is 6.92 Å². The summed E-state index contributed by atoms with van der Waals surface area (Å²) in [5.41, 5.74) is 6.74. The number of carbonyl (C=O) groups is 1. The first-order valence-corrected chi connectivity index (χ1v) is 5.20. The second kappa shape index (κ2) is 4.21. The number of rotatable bonds is 1. The average Bonchev–Trinajstić information content (AvgIpc) is 2.23. The molecule has 0 saturated carbocycles. The van der Waals surface area contributed by atoms with Crippen LogP contribution in [0.3, 0.4) is 0 Å². The third-order valence-electron chi connectivity index (χ3n) is 3.45. The molecule has 0 spiro atoms. The van der Waals surface area contributed by atoms with E-state index in [0.717, 1.165) is 16.5 Å². The topological polar surface area (TPSA) is 29.1 Å². The Labute approximate surface area is 94.8 Å². The van der Waals surface area contributed by atoms with Crippen LogP contribution in [-0.2, 0) is 0 Å². The maximum Gasteiger partial charge on any atom is 0.249 e. The Bertz CT molecular complexity index is 402. The third-order valence-corrected chi connectivity index (χ3v) is 3.45. The van der Waals surface area contributed by atoms with E-state index in [1.54, 1.807) is 7.05 Å². The Balaban J connectivity index is 3.60. The SMILES string of the molecule is Bc1c(B)c(C(=O)NC)c(B)c(B)c1C. The third kappa shape index (κ3) is 1.85. The highest BCUT2D eigenvalue weighted by molar-refractivity contribution is 6.60. The van der Waals surface area contributed by atoms with Gasteiger partial charge in [0.05, 0.1) is 0 Å². The van der Waals surface area contributed by atoms with Gasteiger partial charge >= 0.3 is 0 Å². The molecule has 0 heterocycles. The van der Waals surface area contributed by atoms with E-state index in [9.17, 15) is 4.79 Å². The highest BCUT2D eigenvalue weighted by Crippen LogP contribution is 1.91. The smallest absolute Gasteiger partial charge is 0.249 e. The van der Waals surface area contributed by atoms with Crippen molar-refractivity contribution in [3.05, 3.63) is 11.1 Å². The van der Waals surface area contributed by atoms with Gasteiger partial charge in [-0.05, 0) is 6.92 Å². The molecule has 1 aromatic rings. The highest BCUT2D eigenvalue weighted by atomic mass is 16.1. The fourth-order valence-corrected chi connectivity index (χ4v) is 1.97. The molecule has 0 aliphatic heterocycles. The van der Waals surface area contributed by atoms with Crippen molar-refractivity contribution in [3.8, 4) is 0 Å². The zero-order valence-corrected chi connectivity index (χ0v) is 10.4. The van der Waals surface area contributed by atoms with Crippen LogP contribution in [0.2, 0.25) is 0 Å². The predicted molar refractivity (Wildman–Crippen MR) is 77.3 cm³/mol. The Morgan fingerprint density at radius 1 is 1.00 bits per heavy atom. The minimum atomic E-state index is 0.0104. The summed E-state index contributed by atoms with van der Waals surface area (Å²) in [4.78, 5) is 11.8. The van der Waals surface area contributed by atoms with Crippen molar-refractivity contribution in [2.75, 3.05) is 7.05 Å². The van der Waals surface area contributed by atoms with Gasteiger partial charge in [0.15, 0.2) is 0 Å². The summed E-state index contributed by atoms with van der Waals surface area (Å²) in [6.07, 6.45) is 0. The van der Waals surface area contributed by atoms with Gasteiger partial charge in [0, 0.05) is 12.6 Å². The number of benzene rings is 1. The van der Waals surface area contributed by atoms with Gasteiger partial charge in [-0.15, -0.1) is 0 Å². The van der Waals surface area contributed by atoms with Crippen molar-refractivity contribution in [1.82, 2.24) is 5.32 Å². The molecule has 1 rings (SSSR count). The summed E-state index contributed by atoms with van der Waals surface area (Å²) in [7, 11) is 9.84. The molecule has 15 heavy (non-hydrogen) atoms. The summed E-state index contributed by atoms with van der Waals surface area (Å²) in [5.74, 6) is 0.0104. The van der Waals surface area contributed by atoms with E-state index in [2.05, 4.69) is 27.9 Å². The molecule has 0 aromatic heterocycles. The standard InChI is InChI=1S/C9H15B4NO/c1-3-5(10)7(12)4(9(15)14-2)8(13)6(3)11/h10-13H2,1-2H3,(H,14,15). The molecule has 1 amide bonds. The summed E-state index contributed by atoms with van der Waals surface area (Å²) >= 11 is 0. The maximum atomic E-state index is 11.8. The molecule has 0 saturated heterocycles. The highest BCUT2D eigenvalue weighted by Gasteiger charge is 2.15. The van der Waals surface area contributed by atoms with Crippen LogP contribution < -0.4 is 27.2 Å². The van der Waals surface area contributed by atoms with Crippen LogP contribution in [0.1, 0.15) is 15.9 Å². The van der Waals surface area contributed by atoms with E-state index in [4.69, 9.17) is 0 Å². The summed E-state index contributed by atoms with van der Waals surface area (Å²) < 4.78 is 0. The first-order chi connectivity index (χ1) is 6.91. The lowest BCUT2D eigenvalue weighted by atomic mass is 9.64. The first kappa shape index (κ1) is 12.0. The largest absolute Gasteiger partial charge is 0.355 e. The first-order valence-electron chi connectivity index (χ1n) is 5.20. The molecule has 0 bridgehead atoms. The normalized spacial score (nSPS) is 10.0. The van der Waals surface area contributed by atoms with E-state index in [1.165, 1.54) is 16.5 Å².